The lowest BCUT2D eigenvalue weighted by molar-refractivity contribution is 0.0590. The molecule has 0 unspecified atom stereocenters. The van der Waals surface area contributed by atoms with Crippen LogP contribution in [0.2, 0.25) is 0 Å². The second-order valence-corrected chi connectivity index (χ2v) is 8.67. The van der Waals surface area contributed by atoms with Crippen molar-refractivity contribution < 1.29 is 9.21 Å². The molecule has 0 radical (unpaired) electrons. The summed E-state index contributed by atoms with van der Waals surface area (Å²) >= 11 is 0. The molecular formula is C25H24N2O4. The second-order valence-electron chi connectivity index (χ2n) is 8.67. The fourth-order valence-corrected chi connectivity index (χ4v) is 5.16. The minimum absolute atomic E-state index is 0.0161. The van der Waals surface area contributed by atoms with Gasteiger partial charge in [0, 0.05) is 43.4 Å². The number of amides is 1. The molecule has 5 rings (SSSR count). The van der Waals surface area contributed by atoms with Crippen molar-refractivity contribution >= 4 is 5.91 Å². The lowest BCUT2D eigenvalue weighted by atomic mass is 9.82. The summed E-state index contributed by atoms with van der Waals surface area (Å²) < 4.78 is 7.06. The summed E-state index contributed by atoms with van der Waals surface area (Å²) in [6, 6.07) is 15.1. The number of hydrogen-bond donors (Lipinski definition) is 0. The van der Waals surface area contributed by atoms with Gasteiger partial charge in [-0.25, -0.2) is 4.79 Å². The van der Waals surface area contributed by atoms with Crippen LogP contribution in [0.5, 0.6) is 0 Å². The predicted octanol–water partition coefficient (Wildman–Crippen LogP) is 3.34. The largest absolute Gasteiger partial charge is 0.427 e. The van der Waals surface area contributed by atoms with Crippen molar-refractivity contribution in [1.82, 2.24) is 9.47 Å². The highest BCUT2D eigenvalue weighted by atomic mass is 16.4. The molecule has 2 bridgehead atoms. The number of benzene rings is 1. The van der Waals surface area contributed by atoms with E-state index in [0.717, 1.165) is 23.2 Å². The Balaban J connectivity index is 1.50. The number of fused-ring (bicyclic) bond motifs is 4. The third-order valence-electron chi connectivity index (χ3n) is 6.50. The Labute approximate surface area is 179 Å². The molecule has 3 aromatic rings. The van der Waals surface area contributed by atoms with Gasteiger partial charge in [-0.15, -0.1) is 0 Å². The number of carbonyl (C=O) groups excluding carboxylic acids is 1. The van der Waals surface area contributed by atoms with Crippen molar-refractivity contribution in [3.05, 3.63) is 91.9 Å². The van der Waals surface area contributed by atoms with Gasteiger partial charge < -0.3 is 13.9 Å². The van der Waals surface area contributed by atoms with E-state index in [4.69, 9.17) is 4.42 Å². The number of likely N-dealkylation sites (tertiary alicyclic amines) is 1. The van der Waals surface area contributed by atoms with Gasteiger partial charge in [-0.05, 0) is 48.9 Å². The van der Waals surface area contributed by atoms with Crippen molar-refractivity contribution in [2.24, 2.45) is 5.92 Å². The van der Waals surface area contributed by atoms with Crippen molar-refractivity contribution in [2.45, 2.75) is 32.7 Å². The molecule has 0 aliphatic carbocycles. The van der Waals surface area contributed by atoms with Gasteiger partial charge in [0.05, 0.1) is 5.56 Å². The van der Waals surface area contributed by atoms with Crippen LogP contribution in [0.1, 0.15) is 39.7 Å². The Morgan fingerprint density at radius 3 is 2.48 bits per heavy atom. The molecule has 6 heteroatoms. The fraction of sp³-hybridized carbons (Fsp3) is 0.320. The van der Waals surface area contributed by atoms with E-state index in [1.807, 2.05) is 39.8 Å². The van der Waals surface area contributed by atoms with E-state index in [1.165, 1.54) is 6.07 Å². The summed E-state index contributed by atoms with van der Waals surface area (Å²) in [5, 5.41) is 0. The molecule has 4 heterocycles. The van der Waals surface area contributed by atoms with E-state index in [2.05, 4.69) is 6.07 Å². The standard InChI is InChI=1S/C25H24N2O4/c1-15-8-23(29)31-16(2)24(15)25(30)26-12-17-9-20(14-26)21-10-19(11-22(28)27(21)13-17)18-6-4-3-5-7-18/h3-8,10-11,17,20H,9,12-14H2,1-2H3/t17-,20+/m0/s1. The minimum Gasteiger partial charge on any atom is -0.427 e. The average Bonchev–Trinajstić information content (AvgIpc) is 2.74. The van der Waals surface area contributed by atoms with E-state index in [1.54, 1.807) is 19.9 Å². The van der Waals surface area contributed by atoms with E-state index in [9.17, 15) is 14.4 Å². The first kappa shape index (κ1) is 19.5. The van der Waals surface area contributed by atoms with Gasteiger partial charge in [0.1, 0.15) is 5.76 Å². The predicted molar refractivity (Wildman–Crippen MR) is 117 cm³/mol. The van der Waals surface area contributed by atoms with Crippen LogP contribution >= 0.6 is 0 Å². The van der Waals surface area contributed by atoms with E-state index in [0.29, 0.717) is 36.5 Å². The molecule has 0 saturated carbocycles. The van der Waals surface area contributed by atoms with Gasteiger partial charge in [0.25, 0.3) is 11.5 Å². The summed E-state index contributed by atoms with van der Waals surface area (Å²) in [7, 11) is 0. The first-order valence-electron chi connectivity index (χ1n) is 10.6. The summed E-state index contributed by atoms with van der Waals surface area (Å²) in [6.45, 7) is 5.19. The molecular weight excluding hydrogens is 392 g/mol. The average molecular weight is 416 g/mol. The smallest absolute Gasteiger partial charge is 0.336 e. The van der Waals surface area contributed by atoms with Gasteiger partial charge >= 0.3 is 5.63 Å². The SMILES string of the molecule is Cc1cc(=O)oc(C)c1C(=O)N1C[C@@H]2C[C@H](C1)c1cc(-c3ccccc3)cc(=O)n1C2. The number of carbonyl (C=O) groups is 1. The van der Waals surface area contributed by atoms with Crippen LogP contribution in [-0.2, 0) is 6.54 Å². The Morgan fingerprint density at radius 2 is 1.74 bits per heavy atom. The van der Waals surface area contributed by atoms with Gasteiger partial charge in [0.15, 0.2) is 0 Å². The Kier molecular flexibility index (Phi) is 4.65. The second kappa shape index (κ2) is 7.38. The molecule has 6 nitrogen and oxygen atoms in total. The molecule has 1 fully saturated rings. The van der Waals surface area contributed by atoms with Crippen molar-refractivity contribution in [3.63, 3.8) is 0 Å². The maximum Gasteiger partial charge on any atom is 0.336 e. The van der Waals surface area contributed by atoms with Crippen molar-refractivity contribution in [1.29, 1.82) is 0 Å². The molecule has 2 aliphatic heterocycles. The Hall–Kier alpha value is -3.41. The monoisotopic (exact) mass is 416 g/mol. The van der Waals surface area contributed by atoms with Crippen LogP contribution in [0.15, 0.2) is 62.5 Å². The fourth-order valence-electron chi connectivity index (χ4n) is 5.16. The lowest BCUT2D eigenvalue weighted by Gasteiger charge is -2.43. The quantitative estimate of drug-likeness (QED) is 0.642. The van der Waals surface area contributed by atoms with E-state index < -0.39 is 5.63 Å². The third-order valence-corrected chi connectivity index (χ3v) is 6.50. The van der Waals surface area contributed by atoms with E-state index in [-0.39, 0.29) is 23.3 Å². The number of hydrogen-bond acceptors (Lipinski definition) is 4. The highest BCUT2D eigenvalue weighted by Crippen LogP contribution is 2.37. The van der Waals surface area contributed by atoms with Gasteiger partial charge in [-0.3, -0.25) is 9.59 Å². The highest BCUT2D eigenvalue weighted by molar-refractivity contribution is 5.96. The molecule has 1 amide bonds. The van der Waals surface area contributed by atoms with Crippen LogP contribution in [0.25, 0.3) is 11.1 Å². The topological polar surface area (TPSA) is 72.5 Å². The molecule has 0 N–H and O–H groups in total. The summed E-state index contributed by atoms with van der Waals surface area (Å²) in [4.78, 5) is 39.7. The molecule has 2 atom stereocenters. The first-order valence-corrected chi connectivity index (χ1v) is 10.6. The van der Waals surface area contributed by atoms with Gasteiger partial charge in [-0.2, -0.15) is 0 Å². The molecule has 158 valence electrons. The van der Waals surface area contributed by atoms with E-state index >= 15 is 0 Å². The maximum atomic E-state index is 13.3. The van der Waals surface area contributed by atoms with Crippen LogP contribution in [0.4, 0.5) is 0 Å². The number of piperidine rings is 1. The number of aryl methyl sites for hydroxylation is 2. The highest BCUT2D eigenvalue weighted by Gasteiger charge is 2.37. The number of nitrogens with zero attached hydrogens (tertiary/aromatic N) is 2. The molecule has 2 aromatic heterocycles. The summed E-state index contributed by atoms with van der Waals surface area (Å²) in [5.41, 5.74) is 3.60. The lowest BCUT2D eigenvalue weighted by Crippen LogP contribution is -2.49. The van der Waals surface area contributed by atoms with Gasteiger partial charge in [0.2, 0.25) is 0 Å². The molecule has 31 heavy (non-hydrogen) atoms. The van der Waals surface area contributed by atoms with Gasteiger partial charge in [-0.1, -0.05) is 30.3 Å². The zero-order valence-corrected chi connectivity index (χ0v) is 17.6. The van der Waals surface area contributed by atoms with Crippen LogP contribution < -0.4 is 11.2 Å². The number of pyridine rings is 1. The maximum absolute atomic E-state index is 13.3. The molecule has 1 saturated heterocycles. The number of aromatic nitrogens is 1. The molecule has 2 aliphatic rings. The zero-order valence-electron chi connectivity index (χ0n) is 17.6. The van der Waals surface area contributed by atoms with Crippen LogP contribution in [0.3, 0.4) is 0 Å². The Bertz CT molecular complexity index is 1260. The third kappa shape index (κ3) is 3.42. The summed E-state index contributed by atoms with van der Waals surface area (Å²) in [6.07, 6.45) is 0.962. The van der Waals surface area contributed by atoms with Crippen molar-refractivity contribution in [3.8, 4) is 11.1 Å². The van der Waals surface area contributed by atoms with Crippen LogP contribution in [-0.4, -0.2) is 28.5 Å². The Morgan fingerprint density at radius 1 is 0.968 bits per heavy atom. The first-order chi connectivity index (χ1) is 14.9. The van der Waals surface area contributed by atoms with Crippen LogP contribution in [0, 0.1) is 19.8 Å². The summed E-state index contributed by atoms with van der Waals surface area (Å²) in [5.74, 6) is 0.577. The molecule has 1 aromatic carbocycles. The minimum atomic E-state index is -0.441. The molecule has 0 spiro atoms. The van der Waals surface area contributed by atoms with Crippen molar-refractivity contribution in [2.75, 3.05) is 13.1 Å². The number of rotatable bonds is 2. The zero-order chi connectivity index (χ0) is 21.7. The normalized spacial score (nSPS) is 19.7.